The SMILES string of the molecule is COc1cccc(CNC[C@H](O)[C@H](Cc2cccc(CC3CCCCC3)c2)NC(C)=O)c1. The smallest absolute Gasteiger partial charge is 0.217 e. The maximum Gasteiger partial charge on any atom is 0.217 e. The van der Waals surface area contributed by atoms with Gasteiger partial charge in [0.1, 0.15) is 5.75 Å². The van der Waals surface area contributed by atoms with Gasteiger partial charge in [-0.05, 0) is 47.6 Å². The first-order valence-electron chi connectivity index (χ1n) is 11.9. The summed E-state index contributed by atoms with van der Waals surface area (Å²) in [5, 5.41) is 17.1. The van der Waals surface area contributed by atoms with E-state index >= 15 is 0 Å². The minimum Gasteiger partial charge on any atom is -0.497 e. The summed E-state index contributed by atoms with van der Waals surface area (Å²) in [6.07, 6.45) is 7.79. The van der Waals surface area contributed by atoms with Crippen LogP contribution in [0.5, 0.6) is 5.75 Å². The van der Waals surface area contributed by atoms with Crippen molar-refractivity contribution in [3.8, 4) is 5.75 Å². The van der Waals surface area contributed by atoms with Crippen LogP contribution in [-0.2, 0) is 24.2 Å². The fourth-order valence-corrected chi connectivity index (χ4v) is 4.70. The fourth-order valence-electron chi connectivity index (χ4n) is 4.70. The minimum absolute atomic E-state index is 0.125. The highest BCUT2D eigenvalue weighted by Crippen LogP contribution is 2.27. The summed E-state index contributed by atoms with van der Waals surface area (Å²) in [6, 6.07) is 16.2. The number of amides is 1. The Balaban J connectivity index is 1.56. The highest BCUT2D eigenvalue weighted by Gasteiger charge is 2.21. The van der Waals surface area contributed by atoms with Gasteiger partial charge in [-0.15, -0.1) is 0 Å². The van der Waals surface area contributed by atoms with E-state index in [0.29, 0.717) is 19.5 Å². The number of aliphatic hydroxyl groups excluding tert-OH is 1. The van der Waals surface area contributed by atoms with E-state index in [0.717, 1.165) is 29.2 Å². The van der Waals surface area contributed by atoms with Crippen LogP contribution in [-0.4, -0.2) is 36.8 Å². The average Bonchev–Trinajstić information content (AvgIpc) is 2.79. The van der Waals surface area contributed by atoms with Gasteiger partial charge in [0.25, 0.3) is 0 Å². The molecule has 0 unspecified atom stereocenters. The molecule has 3 N–H and O–H groups in total. The number of rotatable bonds is 11. The number of carbonyl (C=O) groups is 1. The molecule has 174 valence electrons. The third kappa shape index (κ3) is 7.95. The number of carbonyl (C=O) groups excluding carboxylic acids is 1. The predicted molar refractivity (Wildman–Crippen MR) is 129 cm³/mol. The molecular weight excluding hydrogens is 400 g/mol. The summed E-state index contributed by atoms with van der Waals surface area (Å²) < 4.78 is 5.26. The molecule has 5 nitrogen and oxygen atoms in total. The Bertz CT molecular complexity index is 848. The van der Waals surface area contributed by atoms with Gasteiger partial charge in [-0.3, -0.25) is 4.79 Å². The zero-order valence-corrected chi connectivity index (χ0v) is 19.5. The number of nitrogens with one attached hydrogen (secondary N) is 2. The Hall–Kier alpha value is -2.37. The van der Waals surface area contributed by atoms with Gasteiger partial charge in [0.05, 0.1) is 19.3 Å². The van der Waals surface area contributed by atoms with Crippen molar-refractivity contribution in [2.75, 3.05) is 13.7 Å². The molecule has 2 aromatic rings. The van der Waals surface area contributed by atoms with Crippen molar-refractivity contribution in [2.45, 2.75) is 70.6 Å². The molecule has 5 heteroatoms. The van der Waals surface area contributed by atoms with Crippen LogP contribution < -0.4 is 15.4 Å². The van der Waals surface area contributed by atoms with Crippen molar-refractivity contribution in [3.63, 3.8) is 0 Å². The maximum absolute atomic E-state index is 11.8. The van der Waals surface area contributed by atoms with Gasteiger partial charge in [0.15, 0.2) is 0 Å². The van der Waals surface area contributed by atoms with Crippen molar-refractivity contribution >= 4 is 5.91 Å². The maximum atomic E-state index is 11.8. The zero-order valence-electron chi connectivity index (χ0n) is 19.5. The largest absolute Gasteiger partial charge is 0.497 e. The quantitative estimate of drug-likeness (QED) is 0.496. The van der Waals surface area contributed by atoms with Crippen molar-refractivity contribution in [2.24, 2.45) is 5.92 Å². The van der Waals surface area contributed by atoms with Crippen LogP contribution in [0.2, 0.25) is 0 Å². The molecule has 0 saturated heterocycles. The minimum atomic E-state index is -0.688. The summed E-state index contributed by atoms with van der Waals surface area (Å²) in [7, 11) is 1.65. The summed E-state index contributed by atoms with van der Waals surface area (Å²) in [4.78, 5) is 11.8. The molecule has 1 fully saturated rings. The van der Waals surface area contributed by atoms with E-state index in [1.807, 2.05) is 24.3 Å². The Morgan fingerprint density at radius 2 is 1.78 bits per heavy atom. The Kier molecular flexibility index (Phi) is 9.57. The molecule has 0 aromatic heterocycles. The van der Waals surface area contributed by atoms with Crippen LogP contribution in [0.15, 0.2) is 48.5 Å². The van der Waals surface area contributed by atoms with Gasteiger partial charge in [-0.2, -0.15) is 0 Å². The van der Waals surface area contributed by atoms with Gasteiger partial charge < -0.3 is 20.5 Å². The summed E-state index contributed by atoms with van der Waals surface area (Å²) in [6.45, 7) is 2.52. The highest BCUT2D eigenvalue weighted by atomic mass is 16.5. The molecule has 2 atom stereocenters. The van der Waals surface area contributed by atoms with Crippen LogP contribution in [0, 0.1) is 5.92 Å². The van der Waals surface area contributed by atoms with E-state index in [1.165, 1.54) is 44.6 Å². The van der Waals surface area contributed by atoms with Gasteiger partial charge in [-0.25, -0.2) is 0 Å². The summed E-state index contributed by atoms with van der Waals surface area (Å²) in [5.74, 6) is 1.48. The molecule has 0 aliphatic heterocycles. The van der Waals surface area contributed by atoms with Gasteiger partial charge in [0.2, 0.25) is 5.91 Å². The Morgan fingerprint density at radius 1 is 1.06 bits per heavy atom. The van der Waals surface area contributed by atoms with Crippen LogP contribution in [0.3, 0.4) is 0 Å². The molecule has 1 aliphatic carbocycles. The van der Waals surface area contributed by atoms with E-state index in [-0.39, 0.29) is 11.9 Å². The Labute approximate surface area is 192 Å². The lowest BCUT2D eigenvalue weighted by Crippen LogP contribution is -2.48. The van der Waals surface area contributed by atoms with Crippen LogP contribution in [0.25, 0.3) is 0 Å². The van der Waals surface area contributed by atoms with Crippen LogP contribution in [0.1, 0.15) is 55.7 Å². The van der Waals surface area contributed by atoms with Crippen LogP contribution >= 0.6 is 0 Å². The standard InChI is InChI=1S/C27H38N2O3/c1-20(30)29-26(27(31)19-28-18-24-12-7-13-25(16-24)32-2)17-23-11-6-10-22(15-23)14-21-8-4-3-5-9-21/h6-7,10-13,15-16,21,26-28,31H,3-5,8-9,14,17-19H2,1-2H3,(H,29,30)/t26-,27-/m0/s1. The third-order valence-corrected chi connectivity index (χ3v) is 6.37. The second-order valence-corrected chi connectivity index (χ2v) is 9.09. The predicted octanol–water partition coefficient (Wildman–Crippen LogP) is 4.02. The molecule has 0 spiro atoms. The van der Waals surface area contributed by atoms with Gasteiger partial charge >= 0.3 is 0 Å². The molecule has 0 radical (unpaired) electrons. The van der Waals surface area contributed by atoms with Crippen molar-refractivity contribution in [3.05, 3.63) is 65.2 Å². The average molecular weight is 439 g/mol. The van der Waals surface area contributed by atoms with E-state index in [1.54, 1.807) is 7.11 Å². The van der Waals surface area contributed by atoms with E-state index < -0.39 is 6.10 Å². The van der Waals surface area contributed by atoms with E-state index in [4.69, 9.17) is 4.74 Å². The number of hydrogen-bond donors (Lipinski definition) is 3. The van der Waals surface area contributed by atoms with Crippen molar-refractivity contribution < 1.29 is 14.6 Å². The van der Waals surface area contributed by atoms with E-state index in [2.05, 4.69) is 34.9 Å². The number of hydrogen-bond acceptors (Lipinski definition) is 4. The van der Waals surface area contributed by atoms with Crippen LogP contribution in [0.4, 0.5) is 0 Å². The summed E-state index contributed by atoms with van der Waals surface area (Å²) >= 11 is 0. The normalized spacial score (nSPS) is 16.3. The molecule has 1 amide bonds. The molecule has 32 heavy (non-hydrogen) atoms. The lowest BCUT2D eigenvalue weighted by Gasteiger charge is -2.25. The monoisotopic (exact) mass is 438 g/mol. The highest BCUT2D eigenvalue weighted by molar-refractivity contribution is 5.73. The second kappa shape index (κ2) is 12.6. The first kappa shape index (κ1) is 24.3. The zero-order chi connectivity index (χ0) is 22.8. The molecule has 2 aromatic carbocycles. The lowest BCUT2D eigenvalue weighted by molar-refractivity contribution is -0.120. The first-order chi connectivity index (χ1) is 15.5. The number of methoxy groups -OCH3 is 1. The molecule has 1 saturated carbocycles. The topological polar surface area (TPSA) is 70.6 Å². The van der Waals surface area contributed by atoms with Crippen molar-refractivity contribution in [1.29, 1.82) is 0 Å². The second-order valence-electron chi connectivity index (χ2n) is 9.09. The molecule has 1 aliphatic rings. The summed E-state index contributed by atoms with van der Waals surface area (Å²) in [5.41, 5.74) is 3.61. The molecule has 0 bridgehead atoms. The third-order valence-electron chi connectivity index (χ3n) is 6.37. The fraction of sp³-hybridized carbons (Fsp3) is 0.519. The molecular formula is C27H38N2O3. The number of ether oxygens (including phenoxy) is 1. The van der Waals surface area contributed by atoms with Gasteiger partial charge in [0, 0.05) is 20.0 Å². The number of benzene rings is 2. The first-order valence-corrected chi connectivity index (χ1v) is 11.9. The Morgan fingerprint density at radius 3 is 2.53 bits per heavy atom. The van der Waals surface area contributed by atoms with Crippen molar-refractivity contribution in [1.82, 2.24) is 10.6 Å². The van der Waals surface area contributed by atoms with E-state index in [9.17, 15) is 9.90 Å². The lowest BCUT2D eigenvalue weighted by atomic mass is 9.84. The molecule has 3 rings (SSSR count). The van der Waals surface area contributed by atoms with Gasteiger partial charge in [-0.1, -0.05) is 68.5 Å². The number of aliphatic hydroxyl groups is 1. The molecule has 0 heterocycles.